The summed E-state index contributed by atoms with van der Waals surface area (Å²) >= 11 is 0. The molecule has 0 aliphatic carbocycles. The van der Waals surface area contributed by atoms with Gasteiger partial charge in [-0.25, -0.2) is 4.39 Å². The lowest BCUT2D eigenvalue weighted by Crippen LogP contribution is -2.54. The van der Waals surface area contributed by atoms with Gasteiger partial charge in [0, 0.05) is 49.8 Å². The lowest BCUT2D eigenvalue weighted by molar-refractivity contribution is -0.132. The topological polar surface area (TPSA) is 31.7 Å². The van der Waals surface area contributed by atoms with Crippen molar-refractivity contribution in [1.29, 1.82) is 0 Å². The number of benzene rings is 1. The Hall–Kier alpha value is -2.18. The third kappa shape index (κ3) is 4.28. The first-order chi connectivity index (χ1) is 13.6. The van der Waals surface area contributed by atoms with Crippen LogP contribution in [0.25, 0.3) is 5.69 Å². The molecule has 0 spiro atoms. The van der Waals surface area contributed by atoms with Crippen molar-refractivity contribution in [2.45, 2.75) is 25.3 Å². The first kappa shape index (κ1) is 19.2. The minimum atomic E-state index is -0.254. The average Bonchev–Trinajstić information content (AvgIpc) is 3.17. The zero-order chi connectivity index (χ0) is 19.5. The number of hydrogen-bond acceptors (Lipinski definition) is 3. The summed E-state index contributed by atoms with van der Waals surface area (Å²) in [5, 5.41) is 0. The van der Waals surface area contributed by atoms with E-state index in [4.69, 9.17) is 0 Å². The standard InChI is InChI=1S/C22H29FN4O/c1-24-11-8-19(9-12-24)25-13-15-26(16-14-25)22(28)17-21-3-2-10-27(21)20-6-4-18(23)5-7-20/h2-7,10,19H,8-9,11-17H2,1H3. The van der Waals surface area contributed by atoms with Crippen molar-refractivity contribution in [3.05, 3.63) is 54.1 Å². The number of aromatic nitrogens is 1. The van der Waals surface area contributed by atoms with Crippen LogP contribution in [0.15, 0.2) is 42.6 Å². The zero-order valence-corrected chi connectivity index (χ0v) is 16.6. The Bertz CT molecular complexity index is 787. The highest BCUT2D eigenvalue weighted by Gasteiger charge is 2.28. The second-order valence-corrected chi connectivity index (χ2v) is 7.97. The molecule has 2 aliphatic rings. The van der Waals surface area contributed by atoms with Gasteiger partial charge in [0.05, 0.1) is 6.42 Å². The van der Waals surface area contributed by atoms with Crippen molar-refractivity contribution in [2.75, 3.05) is 46.3 Å². The number of carbonyl (C=O) groups is 1. The molecule has 0 saturated carbocycles. The molecule has 2 aliphatic heterocycles. The van der Waals surface area contributed by atoms with E-state index in [0.717, 1.165) is 37.6 Å². The van der Waals surface area contributed by atoms with Crippen molar-refractivity contribution in [3.63, 3.8) is 0 Å². The monoisotopic (exact) mass is 384 g/mol. The fourth-order valence-corrected chi connectivity index (χ4v) is 4.38. The molecule has 2 saturated heterocycles. The Morgan fingerprint density at radius 3 is 2.36 bits per heavy atom. The van der Waals surface area contributed by atoms with Gasteiger partial charge in [0.15, 0.2) is 0 Å². The summed E-state index contributed by atoms with van der Waals surface area (Å²) < 4.78 is 15.2. The first-order valence-electron chi connectivity index (χ1n) is 10.2. The number of hydrogen-bond donors (Lipinski definition) is 0. The maximum Gasteiger partial charge on any atom is 0.228 e. The van der Waals surface area contributed by atoms with Crippen molar-refractivity contribution in [3.8, 4) is 5.69 Å². The summed E-state index contributed by atoms with van der Waals surface area (Å²) in [6.07, 6.45) is 4.76. The van der Waals surface area contributed by atoms with Crippen molar-refractivity contribution in [2.24, 2.45) is 0 Å². The predicted octanol–water partition coefficient (Wildman–Crippen LogP) is 2.40. The Kier molecular flexibility index (Phi) is 5.78. The quantitative estimate of drug-likeness (QED) is 0.811. The summed E-state index contributed by atoms with van der Waals surface area (Å²) in [7, 11) is 2.19. The van der Waals surface area contributed by atoms with E-state index in [2.05, 4.69) is 16.8 Å². The molecule has 0 atom stereocenters. The molecule has 1 aromatic heterocycles. The molecule has 3 heterocycles. The first-order valence-corrected chi connectivity index (χ1v) is 10.2. The van der Waals surface area contributed by atoms with E-state index in [1.165, 1.54) is 38.1 Å². The summed E-state index contributed by atoms with van der Waals surface area (Å²) in [4.78, 5) is 19.8. The highest BCUT2D eigenvalue weighted by Crippen LogP contribution is 2.19. The molecular formula is C22H29FN4O. The van der Waals surface area contributed by atoms with E-state index in [-0.39, 0.29) is 11.7 Å². The fourth-order valence-electron chi connectivity index (χ4n) is 4.38. The highest BCUT2D eigenvalue weighted by molar-refractivity contribution is 5.78. The Labute approximate surface area is 166 Å². The van der Waals surface area contributed by atoms with Crippen LogP contribution in [-0.4, -0.2) is 77.5 Å². The molecule has 4 rings (SSSR count). The fraction of sp³-hybridized carbons (Fsp3) is 0.500. The van der Waals surface area contributed by atoms with E-state index in [0.29, 0.717) is 12.5 Å². The maximum atomic E-state index is 13.2. The van der Waals surface area contributed by atoms with Gasteiger partial charge < -0.3 is 14.4 Å². The van der Waals surface area contributed by atoms with E-state index in [9.17, 15) is 9.18 Å². The molecule has 1 aromatic carbocycles. The lowest BCUT2D eigenvalue weighted by atomic mass is 10.0. The van der Waals surface area contributed by atoms with Crippen LogP contribution in [0.4, 0.5) is 4.39 Å². The van der Waals surface area contributed by atoms with Gasteiger partial charge in [0.1, 0.15) is 5.82 Å². The second-order valence-electron chi connectivity index (χ2n) is 7.97. The molecular weight excluding hydrogens is 355 g/mol. The van der Waals surface area contributed by atoms with Crippen LogP contribution in [0.3, 0.4) is 0 Å². The number of rotatable bonds is 4. The van der Waals surface area contributed by atoms with Crippen LogP contribution in [0.1, 0.15) is 18.5 Å². The molecule has 0 unspecified atom stereocenters. The Morgan fingerprint density at radius 2 is 1.68 bits per heavy atom. The molecule has 2 fully saturated rings. The summed E-state index contributed by atoms with van der Waals surface area (Å²) in [6, 6.07) is 10.9. The molecule has 5 nitrogen and oxygen atoms in total. The molecule has 6 heteroatoms. The van der Waals surface area contributed by atoms with E-state index in [1.807, 2.05) is 27.8 Å². The summed E-state index contributed by atoms with van der Waals surface area (Å²) in [5.74, 6) is -0.0823. The second kappa shape index (κ2) is 8.45. The largest absolute Gasteiger partial charge is 0.340 e. The predicted molar refractivity (Wildman–Crippen MR) is 108 cm³/mol. The number of likely N-dealkylation sites (tertiary alicyclic amines) is 1. The molecule has 150 valence electrons. The molecule has 0 N–H and O–H groups in total. The SMILES string of the molecule is CN1CCC(N2CCN(C(=O)Cc3cccn3-c3ccc(F)cc3)CC2)CC1. The van der Waals surface area contributed by atoms with Gasteiger partial charge in [-0.1, -0.05) is 0 Å². The van der Waals surface area contributed by atoms with Crippen LogP contribution in [0, 0.1) is 5.82 Å². The number of amides is 1. The number of nitrogens with zero attached hydrogens (tertiary/aromatic N) is 4. The molecule has 28 heavy (non-hydrogen) atoms. The Balaban J connectivity index is 1.33. The van der Waals surface area contributed by atoms with Gasteiger partial charge >= 0.3 is 0 Å². The number of piperazine rings is 1. The number of halogens is 1. The number of carbonyl (C=O) groups excluding carboxylic acids is 1. The molecule has 0 radical (unpaired) electrons. The van der Waals surface area contributed by atoms with Crippen LogP contribution in [0.5, 0.6) is 0 Å². The average molecular weight is 384 g/mol. The van der Waals surface area contributed by atoms with Crippen molar-refractivity contribution >= 4 is 5.91 Å². The normalized spacial score (nSPS) is 19.9. The summed E-state index contributed by atoms with van der Waals surface area (Å²) in [5.41, 5.74) is 1.82. The van der Waals surface area contributed by atoms with Gasteiger partial charge in [-0.05, 0) is 69.4 Å². The van der Waals surface area contributed by atoms with Crippen molar-refractivity contribution < 1.29 is 9.18 Å². The molecule has 2 aromatic rings. The van der Waals surface area contributed by atoms with Crippen LogP contribution >= 0.6 is 0 Å². The molecule has 1 amide bonds. The van der Waals surface area contributed by atoms with Gasteiger partial charge in [-0.3, -0.25) is 9.69 Å². The van der Waals surface area contributed by atoms with E-state index in [1.54, 1.807) is 12.1 Å². The van der Waals surface area contributed by atoms with Gasteiger partial charge in [0.25, 0.3) is 0 Å². The van der Waals surface area contributed by atoms with Crippen molar-refractivity contribution in [1.82, 2.24) is 19.3 Å². The minimum Gasteiger partial charge on any atom is -0.340 e. The number of piperidine rings is 1. The van der Waals surface area contributed by atoms with Gasteiger partial charge in [0.2, 0.25) is 5.91 Å². The smallest absolute Gasteiger partial charge is 0.228 e. The molecule has 0 bridgehead atoms. The third-order valence-electron chi connectivity index (χ3n) is 6.14. The van der Waals surface area contributed by atoms with Gasteiger partial charge in [-0.2, -0.15) is 0 Å². The zero-order valence-electron chi connectivity index (χ0n) is 16.6. The van der Waals surface area contributed by atoms with Crippen LogP contribution in [0.2, 0.25) is 0 Å². The third-order valence-corrected chi connectivity index (χ3v) is 6.14. The Morgan fingerprint density at radius 1 is 1.00 bits per heavy atom. The maximum absolute atomic E-state index is 13.2. The van der Waals surface area contributed by atoms with Gasteiger partial charge in [-0.15, -0.1) is 0 Å². The van der Waals surface area contributed by atoms with Crippen LogP contribution in [-0.2, 0) is 11.2 Å². The van der Waals surface area contributed by atoms with E-state index < -0.39 is 0 Å². The van der Waals surface area contributed by atoms with E-state index >= 15 is 0 Å². The highest BCUT2D eigenvalue weighted by atomic mass is 19.1. The minimum absolute atomic E-state index is 0.171. The van der Waals surface area contributed by atoms with Crippen LogP contribution < -0.4 is 0 Å². The lowest BCUT2D eigenvalue weighted by Gasteiger charge is -2.42. The summed E-state index contributed by atoms with van der Waals surface area (Å²) in [6.45, 7) is 5.90.